The van der Waals surface area contributed by atoms with Crippen LogP contribution in [0.2, 0.25) is 4.34 Å². The summed E-state index contributed by atoms with van der Waals surface area (Å²) in [5, 5.41) is 12.3. The molecule has 2 heterocycles. The summed E-state index contributed by atoms with van der Waals surface area (Å²) in [4.78, 5) is 28.4. The first-order valence-corrected chi connectivity index (χ1v) is 6.59. The van der Waals surface area contributed by atoms with Crippen molar-refractivity contribution in [3.05, 3.63) is 15.5 Å². The van der Waals surface area contributed by atoms with Crippen molar-refractivity contribution in [2.45, 2.75) is 19.0 Å². The Labute approximate surface area is 113 Å². The van der Waals surface area contributed by atoms with E-state index >= 15 is 0 Å². The largest absolute Gasteiger partial charge is 0.481 e. The second kappa shape index (κ2) is 5.64. The van der Waals surface area contributed by atoms with Crippen LogP contribution < -0.4 is 5.32 Å². The summed E-state index contributed by atoms with van der Waals surface area (Å²) in [5.74, 6) is -1.23. The van der Waals surface area contributed by atoms with Crippen LogP contribution in [-0.2, 0) is 16.1 Å². The van der Waals surface area contributed by atoms with Gasteiger partial charge in [0.25, 0.3) is 0 Å². The molecular formula is C10H12ClN3O3S. The van der Waals surface area contributed by atoms with Gasteiger partial charge in [-0.05, 0) is 0 Å². The van der Waals surface area contributed by atoms with Gasteiger partial charge in [0.1, 0.15) is 15.4 Å². The van der Waals surface area contributed by atoms with E-state index in [1.807, 2.05) is 4.90 Å². The Hall–Kier alpha value is -1.18. The van der Waals surface area contributed by atoms with Gasteiger partial charge < -0.3 is 10.4 Å². The van der Waals surface area contributed by atoms with Crippen LogP contribution in [-0.4, -0.2) is 46.0 Å². The van der Waals surface area contributed by atoms with Crippen molar-refractivity contribution in [1.82, 2.24) is 15.2 Å². The number of nitrogens with one attached hydrogen (secondary N) is 1. The van der Waals surface area contributed by atoms with E-state index in [1.54, 1.807) is 6.20 Å². The first-order chi connectivity index (χ1) is 8.56. The summed E-state index contributed by atoms with van der Waals surface area (Å²) in [5.41, 5.74) is 0. The number of aromatic nitrogens is 1. The Morgan fingerprint density at radius 1 is 1.72 bits per heavy atom. The van der Waals surface area contributed by atoms with Gasteiger partial charge in [-0.3, -0.25) is 14.5 Å². The second-order valence-electron chi connectivity index (χ2n) is 3.93. The fourth-order valence-corrected chi connectivity index (χ4v) is 2.86. The molecule has 0 spiro atoms. The van der Waals surface area contributed by atoms with Crippen molar-refractivity contribution in [3.8, 4) is 0 Å². The molecule has 0 saturated carbocycles. The lowest BCUT2D eigenvalue weighted by molar-refractivity contribution is -0.143. The highest BCUT2D eigenvalue weighted by Gasteiger charge is 2.31. The fourth-order valence-electron chi connectivity index (χ4n) is 1.87. The quantitative estimate of drug-likeness (QED) is 0.847. The van der Waals surface area contributed by atoms with Crippen LogP contribution in [0.15, 0.2) is 6.20 Å². The highest BCUT2D eigenvalue weighted by Crippen LogP contribution is 2.21. The van der Waals surface area contributed by atoms with E-state index in [1.165, 1.54) is 11.3 Å². The van der Waals surface area contributed by atoms with E-state index in [0.29, 0.717) is 24.0 Å². The molecule has 98 valence electrons. The van der Waals surface area contributed by atoms with E-state index in [-0.39, 0.29) is 12.3 Å². The number of carboxylic acid groups (broad SMARTS) is 1. The number of thiazole rings is 1. The van der Waals surface area contributed by atoms with Crippen molar-refractivity contribution in [2.75, 3.05) is 13.1 Å². The highest BCUT2D eigenvalue weighted by atomic mass is 35.5. The molecule has 1 unspecified atom stereocenters. The zero-order valence-corrected chi connectivity index (χ0v) is 11.0. The van der Waals surface area contributed by atoms with Crippen LogP contribution in [0.4, 0.5) is 0 Å². The first-order valence-electron chi connectivity index (χ1n) is 5.40. The molecule has 1 aliphatic heterocycles. The molecule has 0 bridgehead atoms. The Balaban J connectivity index is 2.07. The molecule has 6 nitrogen and oxygen atoms in total. The summed E-state index contributed by atoms with van der Waals surface area (Å²) in [6.07, 6.45) is 1.35. The summed E-state index contributed by atoms with van der Waals surface area (Å²) in [6.45, 7) is 1.58. The molecule has 2 N–H and O–H groups in total. The van der Waals surface area contributed by atoms with Crippen LogP contribution >= 0.6 is 22.9 Å². The van der Waals surface area contributed by atoms with E-state index in [2.05, 4.69) is 10.3 Å². The molecule has 0 aromatic carbocycles. The highest BCUT2D eigenvalue weighted by molar-refractivity contribution is 7.15. The zero-order valence-electron chi connectivity index (χ0n) is 9.43. The molecule has 1 aromatic heterocycles. The van der Waals surface area contributed by atoms with Gasteiger partial charge in [0.15, 0.2) is 0 Å². The van der Waals surface area contributed by atoms with Crippen LogP contribution in [0.5, 0.6) is 0 Å². The van der Waals surface area contributed by atoms with E-state index in [4.69, 9.17) is 16.7 Å². The lowest BCUT2D eigenvalue weighted by Gasteiger charge is -2.33. The maximum absolute atomic E-state index is 11.7. The molecular weight excluding hydrogens is 278 g/mol. The number of nitrogens with zero attached hydrogens (tertiary/aromatic N) is 2. The molecule has 1 fully saturated rings. The number of hydrogen-bond acceptors (Lipinski definition) is 5. The number of aliphatic carboxylic acids is 1. The summed E-state index contributed by atoms with van der Waals surface area (Å²) in [7, 11) is 0. The van der Waals surface area contributed by atoms with E-state index < -0.39 is 12.0 Å². The van der Waals surface area contributed by atoms with Gasteiger partial charge in [0.2, 0.25) is 5.91 Å². The minimum absolute atomic E-state index is 0.203. The molecule has 18 heavy (non-hydrogen) atoms. The molecule has 8 heteroatoms. The van der Waals surface area contributed by atoms with Crippen LogP contribution in [0, 0.1) is 0 Å². The van der Waals surface area contributed by atoms with E-state index in [9.17, 15) is 9.59 Å². The van der Waals surface area contributed by atoms with Gasteiger partial charge in [-0.2, -0.15) is 0 Å². The number of halogens is 1. The maximum Gasteiger partial charge on any atom is 0.305 e. The number of carbonyl (C=O) groups excluding carboxylic acids is 1. The molecule has 1 amide bonds. The monoisotopic (exact) mass is 289 g/mol. The minimum Gasteiger partial charge on any atom is -0.481 e. The fraction of sp³-hybridized carbons (Fsp3) is 0.500. The summed E-state index contributed by atoms with van der Waals surface area (Å²) in [6, 6.07) is -0.640. The van der Waals surface area contributed by atoms with Gasteiger partial charge in [-0.15, -0.1) is 11.3 Å². The lowest BCUT2D eigenvalue weighted by atomic mass is 10.1. The van der Waals surface area contributed by atoms with Crippen LogP contribution in [0.25, 0.3) is 0 Å². The zero-order chi connectivity index (χ0) is 13.1. The molecule has 1 saturated heterocycles. The molecule has 1 aromatic rings. The lowest BCUT2D eigenvalue weighted by Crippen LogP contribution is -2.55. The molecule has 1 aliphatic rings. The second-order valence-corrected chi connectivity index (χ2v) is 5.68. The van der Waals surface area contributed by atoms with Gasteiger partial charge >= 0.3 is 5.97 Å². The van der Waals surface area contributed by atoms with E-state index in [0.717, 1.165) is 5.01 Å². The third-order valence-electron chi connectivity index (χ3n) is 2.67. The van der Waals surface area contributed by atoms with Crippen molar-refractivity contribution in [2.24, 2.45) is 0 Å². The maximum atomic E-state index is 11.7. The molecule has 0 aliphatic carbocycles. The average Bonchev–Trinajstić information content (AvgIpc) is 2.69. The van der Waals surface area contributed by atoms with Crippen molar-refractivity contribution in [1.29, 1.82) is 0 Å². The minimum atomic E-state index is -0.987. The third-order valence-corrected chi connectivity index (χ3v) is 3.77. The molecule has 1 atom stereocenters. The molecule has 2 rings (SSSR count). The van der Waals surface area contributed by atoms with Gasteiger partial charge in [-0.1, -0.05) is 11.6 Å². The molecule has 0 radical (unpaired) electrons. The standard InChI is InChI=1S/C10H12ClN3O3S/c11-7-4-13-8(18-7)5-14-2-1-12-10(17)6(14)3-9(15)16/h4,6H,1-3,5H2,(H,12,17)(H,15,16). The first kappa shape index (κ1) is 13.3. The Morgan fingerprint density at radius 2 is 2.50 bits per heavy atom. The number of carbonyl (C=O) groups is 2. The predicted molar refractivity (Wildman–Crippen MR) is 66.6 cm³/mol. The van der Waals surface area contributed by atoms with Crippen molar-refractivity contribution < 1.29 is 14.7 Å². The Morgan fingerprint density at radius 3 is 3.11 bits per heavy atom. The Bertz CT molecular complexity index is 465. The topological polar surface area (TPSA) is 82.5 Å². The predicted octanol–water partition coefficient (Wildman–Crippen LogP) is 0.572. The van der Waals surface area contributed by atoms with Crippen molar-refractivity contribution in [3.63, 3.8) is 0 Å². The number of hydrogen-bond donors (Lipinski definition) is 2. The smallest absolute Gasteiger partial charge is 0.305 e. The summed E-state index contributed by atoms with van der Waals surface area (Å²) < 4.78 is 0.584. The van der Waals surface area contributed by atoms with Gasteiger partial charge in [-0.25, -0.2) is 4.98 Å². The van der Waals surface area contributed by atoms with Crippen molar-refractivity contribution >= 4 is 34.8 Å². The van der Waals surface area contributed by atoms with Crippen LogP contribution in [0.1, 0.15) is 11.4 Å². The van der Waals surface area contributed by atoms with Gasteiger partial charge in [0, 0.05) is 13.1 Å². The summed E-state index contributed by atoms with van der Waals surface area (Å²) >= 11 is 7.13. The number of rotatable bonds is 4. The van der Waals surface area contributed by atoms with Crippen LogP contribution in [0.3, 0.4) is 0 Å². The SMILES string of the molecule is O=C(O)CC1C(=O)NCCN1Cc1ncc(Cl)s1. The number of carboxylic acids is 1. The van der Waals surface area contributed by atoms with Gasteiger partial charge in [0.05, 0.1) is 19.2 Å². The average molecular weight is 290 g/mol. The normalized spacial score (nSPS) is 20.7. The number of amides is 1. The third kappa shape index (κ3) is 3.18. The number of piperazine rings is 1. The Kier molecular flexibility index (Phi) is 4.15.